The number of nitrogens with zero attached hydrogens (tertiary/aromatic N) is 1. The normalized spacial score (nSPS) is 12.8. The van der Waals surface area contributed by atoms with E-state index in [-0.39, 0.29) is 0 Å². The number of aromatic nitrogens is 1. The molecule has 0 radical (unpaired) electrons. The van der Waals surface area contributed by atoms with Crippen LogP contribution < -0.4 is 0 Å². The molecule has 0 bridgehead atoms. The van der Waals surface area contributed by atoms with E-state index in [9.17, 15) is 0 Å². The third-order valence-electron chi connectivity index (χ3n) is 3.38. The van der Waals surface area contributed by atoms with Crippen LogP contribution in [0.3, 0.4) is 0 Å². The molecule has 1 aromatic heterocycles. The maximum Gasteiger partial charge on any atom is 0.191 e. The van der Waals surface area contributed by atoms with Crippen molar-refractivity contribution in [2.75, 3.05) is 6.61 Å². The molecule has 1 heterocycles. The van der Waals surface area contributed by atoms with Gasteiger partial charge < -0.3 is 4.43 Å². The summed E-state index contributed by atoms with van der Waals surface area (Å²) in [5.41, 5.74) is 1.25. The molecule has 2 nitrogen and oxygen atoms in total. The molecule has 0 atom stereocenters. The van der Waals surface area contributed by atoms with Gasteiger partial charge in [0.25, 0.3) is 0 Å². The lowest BCUT2D eigenvalue weighted by Crippen LogP contribution is -2.41. The van der Waals surface area contributed by atoms with E-state index in [0.29, 0.717) is 5.04 Å². The molecule has 90 valence electrons. The molecule has 0 amide bonds. The van der Waals surface area contributed by atoms with Gasteiger partial charge in [0.2, 0.25) is 0 Å². The number of hydrogen-bond donors (Lipinski definition) is 0. The summed E-state index contributed by atoms with van der Waals surface area (Å²) in [7, 11) is -1.58. The zero-order chi connectivity index (χ0) is 12.2. The van der Waals surface area contributed by atoms with Crippen LogP contribution in [0.25, 0.3) is 0 Å². The van der Waals surface area contributed by atoms with Crippen LogP contribution in [-0.2, 0) is 10.8 Å². The minimum atomic E-state index is -1.58. The number of hydrogen-bond acceptors (Lipinski definition) is 2. The molecule has 16 heavy (non-hydrogen) atoms. The summed E-state index contributed by atoms with van der Waals surface area (Å²) in [5.74, 6) is 0. The van der Waals surface area contributed by atoms with Crippen LogP contribution in [0.1, 0.15) is 26.3 Å². The molecular weight excluding hydrogens is 214 g/mol. The Hall–Kier alpha value is -0.673. The van der Waals surface area contributed by atoms with Gasteiger partial charge in [-0.1, -0.05) is 26.8 Å². The molecule has 1 rings (SSSR count). The maximum atomic E-state index is 6.11. The molecule has 0 aromatic carbocycles. The third-order valence-corrected chi connectivity index (χ3v) is 7.92. The van der Waals surface area contributed by atoms with Gasteiger partial charge in [-0.15, -0.1) is 0 Å². The maximum absolute atomic E-state index is 6.11. The predicted octanol–water partition coefficient (Wildman–Crippen LogP) is 3.65. The summed E-state index contributed by atoms with van der Waals surface area (Å²) in [6.07, 6.45) is 4.67. The van der Waals surface area contributed by atoms with Crippen molar-refractivity contribution in [3.8, 4) is 0 Å². The van der Waals surface area contributed by atoms with Crippen molar-refractivity contribution in [2.24, 2.45) is 0 Å². The molecule has 0 spiro atoms. The lowest BCUT2D eigenvalue weighted by Gasteiger charge is -2.36. The average Bonchev–Trinajstić information content (AvgIpc) is 2.17. The fraction of sp³-hybridized carbons (Fsp3) is 0.615. The van der Waals surface area contributed by atoms with Crippen molar-refractivity contribution >= 4 is 8.32 Å². The van der Waals surface area contributed by atoms with Crippen molar-refractivity contribution in [3.63, 3.8) is 0 Å². The van der Waals surface area contributed by atoms with Crippen LogP contribution in [-0.4, -0.2) is 19.9 Å². The van der Waals surface area contributed by atoms with Gasteiger partial charge in [0.1, 0.15) is 0 Å². The first-order valence-electron chi connectivity index (χ1n) is 5.86. The highest BCUT2D eigenvalue weighted by Gasteiger charge is 2.36. The first kappa shape index (κ1) is 13.4. The van der Waals surface area contributed by atoms with Gasteiger partial charge in [0.05, 0.1) is 0 Å². The Morgan fingerprint density at radius 1 is 1.31 bits per heavy atom. The second kappa shape index (κ2) is 5.10. The van der Waals surface area contributed by atoms with Crippen molar-refractivity contribution in [2.45, 2.75) is 45.3 Å². The summed E-state index contributed by atoms with van der Waals surface area (Å²) in [5, 5.41) is 0.294. The van der Waals surface area contributed by atoms with Gasteiger partial charge in [-0.2, -0.15) is 0 Å². The molecule has 0 N–H and O–H groups in total. The van der Waals surface area contributed by atoms with Crippen molar-refractivity contribution in [1.29, 1.82) is 0 Å². The highest BCUT2D eigenvalue weighted by atomic mass is 28.4. The lowest BCUT2D eigenvalue weighted by atomic mass is 10.2. The minimum Gasteiger partial charge on any atom is -0.416 e. The van der Waals surface area contributed by atoms with Gasteiger partial charge in [-0.05, 0) is 36.2 Å². The molecule has 0 fully saturated rings. The predicted molar refractivity (Wildman–Crippen MR) is 71.1 cm³/mol. The SMILES string of the molecule is CC(C)(C)[Si](C)(C)OCCc1cccnc1. The second-order valence-electron chi connectivity index (χ2n) is 5.72. The monoisotopic (exact) mass is 237 g/mol. The van der Waals surface area contributed by atoms with Gasteiger partial charge >= 0.3 is 0 Å². The van der Waals surface area contributed by atoms with Crippen LogP contribution in [0, 0.1) is 0 Å². The van der Waals surface area contributed by atoms with E-state index >= 15 is 0 Å². The van der Waals surface area contributed by atoms with Crippen molar-refractivity contribution < 1.29 is 4.43 Å². The highest BCUT2D eigenvalue weighted by Crippen LogP contribution is 2.36. The fourth-order valence-corrected chi connectivity index (χ4v) is 2.23. The highest BCUT2D eigenvalue weighted by molar-refractivity contribution is 6.74. The van der Waals surface area contributed by atoms with Crippen LogP contribution in [0.5, 0.6) is 0 Å². The van der Waals surface area contributed by atoms with Crippen LogP contribution in [0.4, 0.5) is 0 Å². The zero-order valence-corrected chi connectivity index (χ0v) is 12.1. The molecule has 0 aliphatic carbocycles. The van der Waals surface area contributed by atoms with Crippen LogP contribution >= 0.6 is 0 Å². The number of pyridine rings is 1. The largest absolute Gasteiger partial charge is 0.416 e. The summed E-state index contributed by atoms with van der Waals surface area (Å²) < 4.78 is 6.11. The summed E-state index contributed by atoms with van der Waals surface area (Å²) in [4.78, 5) is 4.10. The quantitative estimate of drug-likeness (QED) is 0.746. The fourth-order valence-electron chi connectivity index (χ4n) is 1.19. The Labute approximate surface area is 100 Å². The zero-order valence-electron chi connectivity index (χ0n) is 11.1. The van der Waals surface area contributed by atoms with E-state index in [1.807, 2.05) is 12.3 Å². The minimum absolute atomic E-state index is 0.294. The summed E-state index contributed by atoms with van der Waals surface area (Å²) in [6.45, 7) is 12.2. The van der Waals surface area contributed by atoms with E-state index in [1.165, 1.54) is 5.56 Å². The second-order valence-corrected chi connectivity index (χ2v) is 10.5. The van der Waals surface area contributed by atoms with Crippen molar-refractivity contribution in [1.82, 2.24) is 4.98 Å². The molecule has 0 saturated heterocycles. The first-order chi connectivity index (χ1) is 7.33. The van der Waals surface area contributed by atoms with E-state index in [0.717, 1.165) is 13.0 Å². The molecule has 3 heteroatoms. The lowest BCUT2D eigenvalue weighted by molar-refractivity contribution is 0.292. The molecule has 0 saturated carbocycles. The average molecular weight is 237 g/mol. The smallest absolute Gasteiger partial charge is 0.191 e. The van der Waals surface area contributed by atoms with E-state index < -0.39 is 8.32 Å². The van der Waals surface area contributed by atoms with Gasteiger partial charge in [0.15, 0.2) is 8.32 Å². The standard InChI is InChI=1S/C13H23NOSi/c1-13(2,3)16(4,5)15-10-8-12-7-6-9-14-11-12/h6-7,9,11H,8,10H2,1-5H3. The van der Waals surface area contributed by atoms with Crippen molar-refractivity contribution in [3.05, 3.63) is 30.1 Å². The van der Waals surface area contributed by atoms with E-state index in [2.05, 4.69) is 44.9 Å². The Morgan fingerprint density at radius 3 is 2.50 bits per heavy atom. The van der Waals surface area contributed by atoms with E-state index in [4.69, 9.17) is 4.43 Å². The van der Waals surface area contributed by atoms with E-state index in [1.54, 1.807) is 6.20 Å². The summed E-state index contributed by atoms with van der Waals surface area (Å²) in [6, 6.07) is 4.07. The Morgan fingerprint density at radius 2 is 2.00 bits per heavy atom. The summed E-state index contributed by atoms with van der Waals surface area (Å²) >= 11 is 0. The topological polar surface area (TPSA) is 22.1 Å². The molecule has 0 aliphatic rings. The Kier molecular flexibility index (Phi) is 4.27. The first-order valence-corrected chi connectivity index (χ1v) is 8.77. The van der Waals surface area contributed by atoms with Crippen LogP contribution in [0.15, 0.2) is 24.5 Å². The number of rotatable bonds is 4. The molecule has 0 unspecified atom stereocenters. The Balaban J connectivity index is 2.42. The molecule has 1 aromatic rings. The molecule has 0 aliphatic heterocycles. The van der Waals surface area contributed by atoms with Gasteiger partial charge in [-0.25, -0.2) is 0 Å². The third kappa shape index (κ3) is 3.72. The van der Waals surface area contributed by atoms with Gasteiger partial charge in [0, 0.05) is 19.0 Å². The van der Waals surface area contributed by atoms with Gasteiger partial charge in [-0.3, -0.25) is 4.98 Å². The van der Waals surface area contributed by atoms with Crippen LogP contribution in [0.2, 0.25) is 18.1 Å². The Bertz CT molecular complexity index is 316. The molecular formula is C13H23NOSi.